The predicted molar refractivity (Wildman–Crippen MR) is 142 cm³/mol. The van der Waals surface area contributed by atoms with Gasteiger partial charge in [0.2, 0.25) is 0 Å². The molecule has 0 aliphatic carbocycles. The highest BCUT2D eigenvalue weighted by molar-refractivity contribution is 7.07. The molecule has 0 saturated heterocycles. The van der Waals surface area contributed by atoms with Crippen LogP contribution in [0.2, 0.25) is 0 Å². The van der Waals surface area contributed by atoms with Crippen molar-refractivity contribution in [1.29, 1.82) is 0 Å². The minimum absolute atomic E-state index is 0.00226. The summed E-state index contributed by atoms with van der Waals surface area (Å²) >= 11 is 1.19. The van der Waals surface area contributed by atoms with E-state index >= 15 is 0 Å². The third kappa shape index (κ3) is 4.39. The molecular weight excluding hydrogens is 506 g/mol. The predicted octanol–water partition coefficient (Wildman–Crippen LogP) is 4.27. The lowest BCUT2D eigenvalue weighted by atomic mass is 9.96. The average molecular weight is 530 g/mol. The van der Waals surface area contributed by atoms with Crippen molar-refractivity contribution in [3.05, 3.63) is 119 Å². The van der Waals surface area contributed by atoms with Crippen molar-refractivity contribution in [2.75, 3.05) is 6.61 Å². The number of benzene rings is 2. The normalized spacial score (nSPS) is 15.2. The highest BCUT2D eigenvalue weighted by atomic mass is 32.1. The molecular formula is C28H23N3O6S. The van der Waals surface area contributed by atoms with Crippen LogP contribution in [0.1, 0.15) is 36.8 Å². The minimum Gasteiger partial charge on any atom is -0.463 e. The van der Waals surface area contributed by atoms with Gasteiger partial charge in [-0.05, 0) is 38.5 Å². The molecule has 0 fully saturated rings. The molecule has 192 valence electrons. The molecule has 3 heterocycles. The standard InChI is InChI=1S/C28H23N3O6S/c1-4-36-27(33)24-17(3)29-28-30(25(24)18-9-6-5-7-10-18)26(32)23(38-28)15-19-13-14-22(37-19)20-11-8-12-21(16(20)2)31(34)35/h5-15,25H,4H2,1-3H3/b23-15-/t25-/m0/s1. The Morgan fingerprint density at radius 3 is 2.63 bits per heavy atom. The van der Waals surface area contributed by atoms with Crippen LogP contribution >= 0.6 is 11.3 Å². The summed E-state index contributed by atoms with van der Waals surface area (Å²) in [5.74, 6) is 0.349. The van der Waals surface area contributed by atoms with E-state index < -0.39 is 16.9 Å². The third-order valence-corrected chi connectivity index (χ3v) is 7.28. The number of hydrogen-bond donors (Lipinski definition) is 0. The van der Waals surface area contributed by atoms with Crippen LogP contribution in [0.5, 0.6) is 0 Å². The summed E-state index contributed by atoms with van der Waals surface area (Å²) in [6.07, 6.45) is 1.62. The van der Waals surface area contributed by atoms with Gasteiger partial charge in [-0.15, -0.1) is 0 Å². The number of carbonyl (C=O) groups excluding carboxylic acids is 1. The maximum atomic E-state index is 13.7. The smallest absolute Gasteiger partial charge is 0.338 e. The van der Waals surface area contributed by atoms with Gasteiger partial charge >= 0.3 is 5.97 Å². The van der Waals surface area contributed by atoms with Crippen LogP contribution < -0.4 is 14.9 Å². The lowest BCUT2D eigenvalue weighted by Crippen LogP contribution is -2.39. The fourth-order valence-corrected chi connectivity index (χ4v) is 5.56. The number of furan rings is 1. The zero-order valence-electron chi connectivity index (χ0n) is 20.8. The van der Waals surface area contributed by atoms with Gasteiger partial charge in [0.15, 0.2) is 4.80 Å². The van der Waals surface area contributed by atoms with Crippen LogP contribution in [0.15, 0.2) is 86.1 Å². The second kappa shape index (κ2) is 10.1. The number of rotatable bonds is 6. The zero-order chi connectivity index (χ0) is 27.0. The molecule has 2 aromatic carbocycles. The fourth-order valence-electron chi connectivity index (χ4n) is 4.53. The molecule has 1 aliphatic rings. The number of aromatic nitrogens is 1. The molecule has 2 aromatic heterocycles. The first-order valence-corrected chi connectivity index (χ1v) is 12.7. The number of nitrogens with zero attached hydrogens (tertiary/aromatic N) is 3. The molecule has 9 nitrogen and oxygen atoms in total. The molecule has 1 atom stereocenters. The van der Waals surface area contributed by atoms with Gasteiger partial charge in [-0.3, -0.25) is 19.5 Å². The summed E-state index contributed by atoms with van der Waals surface area (Å²) in [6.45, 7) is 5.33. The van der Waals surface area contributed by atoms with Crippen molar-refractivity contribution in [2.45, 2.75) is 26.8 Å². The monoisotopic (exact) mass is 529 g/mol. The molecule has 0 N–H and O–H groups in total. The number of ether oxygens (including phenoxy) is 1. The quantitative estimate of drug-likeness (QED) is 0.209. The summed E-state index contributed by atoms with van der Waals surface area (Å²) in [5, 5.41) is 11.3. The molecule has 4 aromatic rings. The molecule has 0 unspecified atom stereocenters. The Labute approximate surface area is 220 Å². The SMILES string of the molecule is CCOC(=O)C1=C(C)N=c2s/c(=C\c3ccc(-c4cccc([N+](=O)[O-])c4C)o3)c(=O)n2[C@H]1c1ccccc1. The third-order valence-electron chi connectivity index (χ3n) is 6.30. The summed E-state index contributed by atoms with van der Waals surface area (Å²) in [7, 11) is 0. The van der Waals surface area contributed by atoms with Crippen molar-refractivity contribution in [3.63, 3.8) is 0 Å². The van der Waals surface area contributed by atoms with Crippen LogP contribution in [0.3, 0.4) is 0 Å². The molecule has 10 heteroatoms. The van der Waals surface area contributed by atoms with Gasteiger partial charge in [-0.2, -0.15) is 0 Å². The number of fused-ring (bicyclic) bond motifs is 1. The van der Waals surface area contributed by atoms with E-state index in [1.54, 1.807) is 51.1 Å². The van der Waals surface area contributed by atoms with Gasteiger partial charge in [0.25, 0.3) is 11.2 Å². The molecule has 0 spiro atoms. The molecule has 0 bridgehead atoms. The van der Waals surface area contributed by atoms with E-state index in [0.717, 1.165) is 5.56 Å². The highest BCUT2D eigenvalue weighted by Crippen LogP contribution is 2.32. The Morgan fingerprint density at radius 1 is 1.16 bits per heavy atom. The van der Waals surface area contributed by atoms with Crippen molar-refractivity contribution < 1.29 is 18.9 Å². The van der Waals surface area contributed by atoms with Crippen LogP contribution in [-0.4, -0.2) is 22.1 Å². The van der Waals surface area contributed by atoms with E-state index in [0.29, 0.717) is 43.3 Å². The van der Waals surface area contributed by atoms with Gasteiger partial charge in [-0.1, -0.05) is 53.8 Å². The van der Waals surface area contributed by atoms with Gasteiger partial charge in [0.05, 0.1) is 33.4 Å². The zero-order valence-corrected chi connectivity index (χ0v) is 21.7. The first-order chi connectivity index (χ1) is 18.3. The van der Waals surface area contributed by atoms with Crippen LogP contribution in [-0.2, 0) is 9.53 Å². The number of carbonyl (C=O) groups is 1. The van der Waals surface area contributed by atoms with Gasteiger partial charge in [0.1, 0.15) is 11.5 Å². The van der Waals surface area contributed by atoms with E-state index in [1.165, 1.54) is 22.0 Å². The summed E-state index contributed by atoms with van der Waals surface area (Å²) < 4.78 is 13.2. The van der Waals surface area contributed by atoms with E-state index in [4.69, 9.17) is 9.15 Å². The first-order valence-electron chi connectivity index (χ1n) is 11.9. The number of nitro groups is 1. The van der Waals surface area contributed by atoms with Gasteiger partial charge in [-0.25, -0.2) is 9.79 Å². The van der Waals surface area contributed by atoms with Crippen LogP contribution in [0.25, 0.3) is 17.4 Å². The summed E-state index contributed by atoms with van der Waals surface area (Å²) in [5.41, 5.74) is 2.34. The Hall–Kier alpha value is -4.57. The number of hydrogen-bond acceptors (Lipinski definition) is 8. The molecule has 38 heavy (non-hydrogen) atoms. The largest absolute Gasteiger partial charge is 0.463 e. The van der Waals surface area contributed by atoms with Crippen molar-refractivity contribution in [1.82, 2.24) is 4.57 Å². The first kappa shape index (κ1) is 25.1. The Morgan fingerprint density at radius 2 is 1.92 bits per heavy atom. The molecule has 0 amide bonds. The summed E-state index contributed by atoms with van der Waals surface area (Å²) in [4.78, 5) is 42.5. The minimum atomic E-state index is -0.687. The summed E-state index contributed by atoms with van der Waals surface area (Å²) in [6, 6.07) is 16.8. The van der Waals surface area contributed by atoms with Crippen LogP contribution in [0, 0.1) is 17.0 Å². The van der Waals surface area contributed by atoms with Crippen molar-refractivity contribution in [2.24, 2.45) is 4.99 Å². The fraction of sp³-hybridized carbons (Fsp3) is 0.179. The molecule has 1 aliphatic heterocycles. The number of esters is 1. The van der Waals surface area contributed by atoms with Crippen LogP contribution in [0.4, 0.5) is 5.69 Å². The second-order valence-electron chi connectivity index (χ2n) is 8.62. The Kier molecular flexibility index (Phi) is 6.64. The maximum Gasteiger partial charge on any atom is 0.338 e. The molecule has 0 saturated carbocycles. The number of thiazole rings is 1. The molecule has 5 rings (SSSR count). The Balaban J connectivity index is 1.62. The van der Waals surface area contributed by atoms with E-state index in [9.17, 15) is 19.7 Å². The Bertz CT molecular complexity index is 1780. The topological polar surface area (TPSA) is 117 Å². The maximum absolute atomic E-state index is 13.7. The van der Waals surface area contributed by atoms with Crippen molar-refractivity contribution in [3.8, 4) is 11.3 Å². The van der Waals surface area contributed by atoms with E-state index in [-0.39, 0.29) is 17.9 Å². The van der Waals surface area contributed by atoms with Crippen molar-refractivity contribution >= 4 is 29.1 Å². The highest BCUT2D eigenvalue weighted by Gasteiger charge is 2.33. The second-order valence-corrected chi connectivity index (χ2v) is 9.63. The molecule has 0 radical (unpaired) electrons. The lowest BCUT2D eigenvalue weighted by Gasteiger charge is -2.24. The lowest BCUT2D eigenvalue weighted by molar-refractivity contribution is -0.385. The number of allylic oxidation sites excluding steroid dienone is 1. The van der Waals surface area contributed by atoms with Gasteiger partial charge < -0.3 is 9.15 Å². The van der Waals surface area contributed by atoms with E-state index in [1.807, 2.05) is 30.3 Å². The number of nitro benzene ring substituents is 1. The van der Waals surface area contributed by atoms with Gasteiger partial charge in [0, 0.05) is 23.3 Å². The average Bonchev–Trinajstić information content (AvgIpc) is 3.48. The van der Waals surface area contributed by atoms with E-state index in [2.05, 4.69) is 4.99 Å².